The third kappa shape index (κ3) is 5.91. The number of benzene rings is 6. The fourth-order valence-electron chi connectivity index (χ4n) is 5.71. The lowest BCUT2D eigenvalue weighted by atomic mass is 9.87. The second kappa shape index (κ2) is 12.0. The molecule has 8 heteroatoms. The molecule has 0 fully saturated rings. The molecule has 236 valence electrons. The SMILES string of the molecule is CC(C)(C)c1ccccc1S(=O)(=O)c1ccc(NC(=O)c2cc(-c3ccc(-c4cccc5ccccc45)cc3)c(O)c(O)c2O)cc1. The van der Waals surface area contributed by atoms with E-state index in [9.17, 15) is 28.5 Å². The van der Waals surface area contributed by atoms with E-state index in [1.807, 2.05) is 81.4 Å². The zero-order chi connectivity index (χ0) is 33.5. The monoisotopic (exact) mass is 643 g/mol. The number of phenols is 3. The number of nitrogens with one attached hydrogen (secondary N) is 1. The summed E-state index contributed by atoms with van der Waals surface area (Å²) in [5, 5.41) is 36.7. The van der Waals surface area contributed by atoms with E-state index in [2.05, 4.69) is 5.32 Å². The number of carbonyl (C=O) groups is 1. The first kappa shape index (κ1) is 31.4. The number of hydrogen-bond donors (Lipinski definition) is 4. The van der Waals surface area contributed by atoms with Gasteiger partial charge in [-0.05, 0) is 74.8 Å². The smallest absolute Gasteiger partial charge is 0.259 e. The number of carbonyl (C=O) groups excluding carboxylic acids is 1. The van der Waals surface area contributed by atoms with Crippen LogP contribution in [-0.2, 0) is 15.3 Å². The highest BCUT2D eigenvalue weighted by Gasteiger charge is 2.27. The Morgan fingerprint density at radius 1 is 0.638 bits per heavy atom. The van der Waals surface area contributed by atoms with Crippen LogP contribution in [0, 0.1) is 0 Å². The van der Waals surface area contributed by atoms with Crippen LogP contribution in [0.2, 0.25) is 0 Å². The number of amides is 1. The molecule has 0 bridgehead atoms. The lowest BCUT2D eigenvalue weighted by Crippen LogP contribution is -2.17. The highest BCUT2D eigenvalue weighted by molar-refractivity contribution is 7.91. The van der Waals surface area contributed by atoms with Crippen molar-refractivity contribution in [1.82, 2.24) is 0 Å². The van der Waals surface area contributed by atoms with E-state index in [-0.39, 0.29) is 26.6 Å². The normalized spacial score (nSPS) is 11.8. The van der Waals surface area contributed by atoms with Crippen LogP contribution in [0.15, 0.2) is 131 Å². The Morgan fingerprint density at radius 2 is 1.23 bits per heavy atom. The average Bonchev–Trinajstić information content (AvgIpc) is 3.07. The second-order valence-electron chi connectivity index (χ2n) is 12.3. The van der Waals surface area contributed by atoms with Crippen molar-refractivity contribution in [2.45, 2.75) is 36.0 Å². The number of phenolic OH excluding ortho intramolecular Hbond substituents is 3. The Labute approximate surface area is 273 Å². The molecular formula is C39H33NO6S. The molecule has 0 heterocycles. The van der Waals surface area contributed by atoms with Crippen LogP contribution in [-0.4, -0.2) is 29.6 Å². The van der Waals surface area contributed by atoms with Crippen LogP contribution in [0.3, 0.4) is 0 Å². The largest absolute Gasteiger partial charge is 0.504 e. The van der Waals surface area contributed by atoms with Crippen molar-refractivity contribution in [3.8, 4) is 39.5 Å². The Balaban J connectivity index is 1.27. The summed E-state index contributed by atoms with van der Waals surface area (Å²) in [5.74, 6) is -2.94. The van der Waals surface area contributed by atoms with E-state index >= 15 is 0 Å². The molecule has 1 amide bonds. The van der Waals surface area contributed by atoms with E-state index in [0.717, 1.165) is 21.9 Å². The fraction of sp³-hybridized carbons (Fsp3) is 0.103. The van der Waals surface area contributed by atoms with Crippen molar-refractivity contribution < 1.29 is 28.5 Å². The van der Waals surface area contributed by atoms with E-state index in [0.29, 0.717) is 11.1 Å². The molecule has 0 unspecified atom stereocenters. The highest BCUT2D eigenvalue weighted by atomic mass is 32.2. The molecule has 6 rings (SSSR count). The van der Waals surface area contributed by atoms with Crippen LogP contribution >= 0.6 is 0 Å². The third-order valence-electron chi connectivity index (χ3n) is 8.20. The molecule has 4 N–H and O–H groups in total. The lowest BCUT2D eigenvalue weighted by molar-refractivity contribution is 0.102. The lowest BCUT2D eigenvalue weighted by Gasteiger charge is -2.22. The van der Waals surface area contributed by atoms with Gasteiger partial charge in [0.25, 0.3) is 5.91 Å². The van der Waals surface area contributed by atoms with E-state index in [1.54, 1.807) is 30.3 Å². The molecule has 0 saturated carbocycles. The first-order chi connectivity index (χ1) is 22.4. The number of sulfone groups is 1. The second-order valence-corrected chi connectivity index (χ2v) is 14.3. The van der Waals surface area contributed by atoms with Crippen LogP contribution in [0.4, 0.5) is 5.69 Å². The first-order valence-electron chi connectivity index (χ1n) is 15.0. The number of anilines is 1. The van der Waals surface area contributed by atoms with Gasteiger partial charge in [0.05, 0.1) is 15.4 Å². The number of rotatable bonds is 6. The molecule has 6 aromatic rings. The summed E-state index contributed by atoms with van der Waals surface area (Å²) < 4.78 is 27.1. The summed E-state index contributed by atoms with van der Waals surface area (Å²) in [4.78, 5) is 13.6. The van der Waals surface area contributed by atoms with Gasteiger partial charge in [0.15, 0.2) is 11.5 Å². The van der Waals surface area contributed by atoms with Crippen molar-refractivity contribution >= 4 is 32.2 Å². The number of fused-ring (bicyclic) bond motifs is 1. The van der Waals surface area contributed by atoms with Crippen molar-refractivity contribution in [1.29, 1.82) is 0 Å². The van der Waals surface area contributed by atoms with Gasteiger partial charge >= 0.3 is 0 Å². The zero-order valence-electron chi connectivity index (χ0n) is 26.0. The van der Waals surface area contributed by atoms with Gasteiger partial charge in [-0.3, -0.25) is 4.79 Å². The highest BCUT2D eigenvalue weighted by Crippen LogP contribution is 2.45. The van der Waals surface area contributed by atoms with Gasteiger partial charge in [0.1, 0.15) is 0 Å². The Kier molecular flexibility index (Phi) is 7.99. The summed E-state index contributed by atoms with van der Waals surface area (Å²) in [6, 6.07) is 35.3. The minimum absolute atomic E-state index is 0.0616. The number of aromatic hydroxyl groups is 3. The molecule has 7 nitrogen and oxygen atoms in total. The minimum atomic E-state index is -3.85. The molecular weight excluding hydrogens is 610 g/mol. The molecule has 0 radical (unpaired) electrons. The van der Waals surface area contributed by atoms with Crippen molar-refractivity contribution in [3.05, 3.63) is 132 Å². The molecule has 0 aliphatic rings. The average molecular weight is 644 g/mol. The van der Waals surface area contributed by atoms with Crippen LogP contribution in [0.25, 0.3) is 33.0 Å². The van der Waals surface area contributed by atoms with Gasteiger partial charge in [-0.1, -0.05) is 106 Å². The molecule has 0 aliphatic heterocycles. The maximum absolute atomic E-state index is 13.5. The first-order valence-corrected chi connectivity index (χ1v) is 16.5. The number of hydrogen-bond acceptors (Lipinski definition) is 6. The predicted octanol–water partition coefficient (Wildman–Crippen LogP) is 8.67. The van der Waals surface area contributed by atoms with Crippen LogP contribution in [0.1, 0.15) is 36.7 Å². The molecule has 6 aromatic carbocycles. The van der Waals surface area contributed by atoms with Gasteiger partial charge in [-0.2, -0.15) is 0 Å². The minimum Gasteiger partial charge on any atom is -0.504 e. The Morgan fingerprint density at radius 3 is 1.91 bits per heavy atom. The van der Waals surface area contributed by atoms with Crippen LogP contribution < -0.4 is 5.32 Å². The van der Waals surface area contributed by atoms with Gasteiger partial charge in [0, 0.05) is 11.3 Å². The third-order valence-corrected chi connectivity index (χ3v) is 10.0. The van der Waals surface area contributed by atoms with Gasteiger partial charge in [-0.25, -0.2) is 8.42 Å². The van der Waals surface area contributed by atoms with E-state index in [1.165, 1.54) is 30.3 Å². The predicted molar refractivity (Wildman–Crippen MR) is 185 cm³/mol. The Bertz CT molecular complexity index is 2250. The van der Waals surface area contributed by atoms with Gasteiger partial charge in [-0.15, -0.1) is 0 Å². The molecule has 47 heavy (non-hydrogen) atoms. The maximum Gasteiger partial charge on any atom is 0.259 e. The van der Waals surface area contributed by atoms with E-state index in [4.69, 9.17) is 0 Å². The van der Waals surface area contributed by atoms with Crippen LogP contribution in [0.5, 0.6) is 17.2 Å². The summed E-state index contributed by atoms with van der Waals surface area (Å²) >= 11 is 0. The van der Waals surface area contributed by atoms with Gasteiger partial charge in [0.2, 0.25) is 15.6 Å². The van der Waals surface area contributed by atoms with Gasteiger partial charge < -0.3 is 20.6 Å². The van der Waals surface area contributed by atoms with Crippen molar-refractivity contribution in [3.63, 3.8) is 0 Å². The quantitative estimate of drug-likeness (QED) is 0.135. The molecule has 0 spiro atoms. The maximum atomic E-state index is 13.5. The summed E-state index contributed by atoms with van der Waals surface area (Å²) in [6.45, 7) is 5.84. The molecule has 0 aromatic heterocycles. The molecule has 0 atom stereocenters. The van der Waals surface area contributed by atoms with Crippen molar-refractivity contribution in [2.24, 2.45) is 0 Å². The molecule has 0 aliphatic carbocycles. The topological polar surface area (TPSA) is 124 Å². The molecule has 0 saturated heterocycles. The summed E-state index contributed by atoms with van der Waals surface area (Å²) in [5.41, 5.74) is 2.93. The summed E-state index contributed by atoms with van der Waals surface area (Å²) in [6.07, 6.45) is 0. The van der Waals surface area contributed by atoms with Crippen molar-refractivity contribution in [2.75, 3.05) is 5.32 Å². The fourth-order valence-corrected chi connectivity index (χ4v) is 7.38. The zero-order valence-corrected chi connectivity index (χ0v) is 26.8. The standard InChI is InChI=1S/C39H33NO6S/c1-39(2,3)33-13-6-7-14-34(33)47(45,46)28-21-19-27(20-22-28)40-38(44)32-23-31(35(41)37(43)36(32)42)26-17-15-25(16-18-26)30-12-8-10-24-9-4-5-11-29(24)30/h4-23,41-43H,1-3H3,(H,40,44). The summed E-state index contributed by atoms with van der Waals surface area (Å²) in [7, 11) is -3.85. The van der Waals surface area contributed by atoms with E-state index < -0.39 is 38.4 Å². The Hall–Kier alpha value is -5.60.